The minimum Gasteiger partial charge on any atom is -0.451 e. The number of benzene rings is 1. The second kappa shape index (κ2) is 6.57. The molecule has 0 bridgehead atoms. The monoisotopic (exact) mass is 313 g/mol. The highest BCUT2D eigenvalue weighted by Crippen LogP contribution is 2.26. The summed E-state index contributed by atoms with van der Waals surface area (Å²) in [4.78, 5) is 24.6. The molecule has 1 aromatic heterocycles. The fourth-order valence-electron chi connectivity index (χ4n) is 3.41. The van der Waals surface area contributed by atoms with E-state index in [4.69, 9.17) is 4.42 Å². The number of aryl methyl sites for hydroxylation is 1. The van der Waals surface area contributed by atoms with Gasteiger partial charge in [0.2, 0.25) is 0 Å². The highest BCUT2D eigenvalue weighted by atomic mass is 16.3. The molecule has 1 atom stereocenters. The van der Waals surface area contributed by atoms with E-state index in [1.54, 1.807) is 12.1 Å². The highest BCUT2D eigenvalue weighted by Gasteiger charge is 2.23. The van der Waals surface area contributed by atoms with E-state index in [1.165, 1.54) is 25.3 Å². The van der Waals surface area contributed by atoms with Crippen LogP contribution < -0.4 is 10.7 Å². The van der Waals surface area contributed by atoms with Crippen molar-refractivity contribution in [2.75, 3.05) is 0 Å². The van der Waals surface area contributed by atoms with E-state index >= 15 is 0 Å². The molecule has 0 aliphatic heterocycles. The van der Waals surface area contributed by atoms with Crippen LogP contribution in [0.3, 0.4) is 0 Å². The summed E-state index contributed by atoms with van der Waals surface area (Å²) >= 11 is 0. The Labute approximate surface area is 135 Å². The Morgan fingerprint density at radius 1 is 1.22 bits per heavy atom. The third-order valence-electron chi connectivity index (χ3n) is 4.82. The summed E-state index contributed by atoms with van der Waals surface area (Å²) in [5.74, 6) is 0.305. The highest BCUT2D eigenvalue weighted by molar-refractivity contribution is 5.93. The first-order valence-corrected chi connectivity index (χ1v) is 8.40. The van der Waals surface area contributed by atoms with Crippen molar-refractivity contribution in [1.29, 1.82) is 0 Å². The summed E-state index contributed by atoms with van der Waals surface area (Å²) in [5, 5.41) is 3.51. The maximum Gasteiger partial charge on any atom is 0.287 e. The van der Waals surface area contributed by atoms with Crippen molar-refractivity contribution in [1.82, 2.24) is 5.32 Å². The molecular weight excluding hydrogens is 290 g/mol. The maximum absolute atomic E-state index is 12.4. The summed E-state index contributed by atoms with van der Waals surface area (Å²) in [7, 11) is 0. The lowest BCUT2D eigenvalue weighted by Crippen LogP contribution is -2.39. The fraction of sp³-hybridized carbons (Fsp3) is 0.474. The number of fused-ring (bicyclic) bond motifs is 1. The quantitative estimate of drug-likeness (QED) is 0.937. The molecule has 1 heterocycles. The van der Waals surface area contributed by atoms with Crippen LogP contribution in [-0.4, -0.2) is 11.9 Å². The van der Waals surface area contributed by atoms with Crippen LogP contribution in [0.4, 0.5) is 0 Å². The lowest BCUT2D eigenvalue weighted by Gasteiger charge is -2.28. The lowest BCUT2D eigenvalue weighted by atomic mass is 9.84. The van der Waals surface area contributed by atoms with Gasteiger partial charge in [-0.05, 0) is 44.7 Å². The van der Waals surface area contributed by atoms with Crippen LogP contribution in [0.1, 0.15) is 55.1 Å². The lowest BCUT2D eigenvalue weighted by molar-refractivity contribution is 0.0891. The number of carbonyl (C=O) groups is 1. The predicted octanol–water partition coefficient (Wildman–Crippen LogP) is 3.80. The van der Waals surface area contributed by atoms with Crippen molar-refractivity contribution in [3.05, 3.63) is 45.8 Å². The zero-order valence-corrected chi connectivity index (χ0v) is 13.7. The third kappa shape index (κ3) is 3.46. The molecule has 23 heavy (non-hydrogen) atoms. The van der Waals surface area contributed by atoms with E-state index in [2.05, 4.69) is 5.32 Å². The molecule has 2 aromatic rings. The molecule has 0 radical (unpaired) electrons. The van der Waals surface area contributed by atoms with E-state index in [-0.39, 0.29) is 23.1 Å². The van der Waals surface area contributed by atoms with Gasteiger partial charge in [0.1, 0.15) is 5.58 Å². The zero-order chi connectivity index (χ0) is 16.4. The minimum atomic E-state index is -0.303. The molecule has 0 saturated heterocycles. The molecule has 4 nitrogen and oxygen atoms in total. The molecular formula is C19H23NO3. The van der Waals surface area contributed by atoms with Gasteiger partial charge < -0.3 is 9.73 Å². The normalized spacial score (nSPS) is 17.1. The molecule has 0 unspecified atom stereocenters. The Hall–Kier alpha value is -2.10. The average Bonchev–Trinajstić information content (AvgIpc) is 2.56. The molecule has 1 fully saturated rings. The molecule has 1 N–H and O–H groups in total. The van der Waals surface area contributed by atoms with Crippen LogP contribution in [-0.2, 0) is 0 Å². The Balaban J connectivity index is 1.80. The Morgan fingerprint density at radius 2 is 1.96 bits per heavy atom. The second-order valence-electron chi connectivity index (χ2n) is 6.63. The van der Waals surface area contributed by atoms with Gasteiger partial charge in [0.05, 0.1) is 5.39 Å². The molecule has 1 saturated carbocycles. The number of amides is 1. The number of hydrogen-bond donors (Lipinski definition) is 1. The van der Waals surface area contributed by atoms with Gasteiger partial charge in [-0.1, -0.05) is 30.9 Å². The van der Waals surface area contributed by atoms with Gasteiger partial charge >= 0.3 is 0 Å². The van der Waals surface area contributed by atoms with Gasteiger partial charge in [0.15, 0.2) is 11.2 Å². The molecule has 122 valence electrons. The SMILES string of the molecule is Cc1ccc2oc(C(=O)N[C@@H](C)C3CCCCC3)cc(=O)c2c1. The first kappa shape index (κ1) is 15.8. The second-order valence-corrected chi connectivity index (χ2v) is 6.63. The van der Waals surface area contributed by atoms with E-state index < -0.39 is 0 Å². The Kier molecular flexibility index (Phi) is 4.51. The van der Waals surface area contributed by atoms with Gasteiger partial charge in [-0.15, -0.1) is 0 Å². The molecule has 3 rings (SSSR count). The van der Waals surface area contributed by atoms with E-state index in [0.717, 1.165) is 18.4 Å². The Bertz CT molecular complexity index is 772. The zero-order valence-electron chi connectivity index (χ0n) is 13.7. The summed E-state index contributed by atoms with van der Waals surface area (Å²) in [6, 6.07) is 6.80. The molecule has 4 heteroatoms. The van der Waals surface area contributed by atoms with Crippen molar-refractivity contribution >= 4 is 16.9 Å². The minimum absolute atomic E-state index is 0.0917. The van der Waals surface area contributed by atoms with Crippen molar-refractivity contribution in [2.24, 2.45) is 5.92 Å². The van der Waals surface area contributed by atoms with Gasteiger partial charge in [0.25, 0.3) is 5.91 Å². The number of carbonyl (C=O) groups excluding carboxylic acids is 1. The van der Waals surface area contributed by atoms with Gasteiger partial charge in [-0.25, -0.2) is 0 Å². The average molecular weight is 313 g/mol. The van der Waals surface area contributed by atoms with Gasteiger partial charge in [-0.3, -0.25) is 9.59 Å². The number of hydrogen-bond acceptors (Lipinski definition) is 3. The van der Waals surface area contributed by atoms with Crippen molar-refractivity contribution in [2.45, 2.75) is 52.0 Å². The van der Waals surface area contributed by atoms with Crippen LogP contribution in [0.25, 0.3) is 11.0 Å². The van der Waals surface area contributed by atoms with Gasteiger partial charge in [0, 0.05) is 12.1 Å². The van der Waals surface area contributed by atoms with Crippen LogP contribution in [0.5, 0.6) is 0 Å². The molecule has 1 aliphatic carbocycles. The molecule has 1 aliphatic rings. The van der Waals surface area contributed by atoms with Crippen molar-refractivity contribution in [3.63, 3.8) is 0 Å². The van der Waals surface area contributed by atoms with Crippen LogP contribution in [0.15, 0.2) is 33.5 Å². The maximum atomic E-state index is 12.4. The first-order chi connectivity index (χ1) is 11.0. The van der Waals surface area contributed by atoms with Crippen LogP contribution in [0.2, 0.25) is 0 Å². The first-order valence-electron chi connectivity index (χ1n) is 8.40. The molecule has 0 spiro atoms. The topological polar surface area (TPSA) is 59.3 Å². The van der Waals surface area contributed by atoms with Crippen LogP contribution in [0, 0.1) is 12.8 Å². The standard InChI is InChI=1S/C19H23NO3/c1-12-8-9-17-15(10-12)16(21)11-18(23-17)19(22)20-13(2)14-6-4-3-5-7-14/h8-11,13-14H,3-7H2,1-2H3,(H,20,22)/t13-/m0/s1. The summed E-state index contributed by atoms with van der Waals surface area (Å²) in [6.45, 7) is 3.96. The predicted molar refractivity (Wildman–Crippen MR) is 90.7 cm³/mol. The van der Waals surface area contributed by atoms with E-state index in [0.29, 0.717) is 16.9 Å². The van der Waals surface area contributed by atoms with Crippen molar-refractivity contribution in [3.8, 4) is 0 Å². The van der Waals surface area contributed by atoms with E-state index in [9.17, 15) is 9.59 Å². The molecule has 1 amide bonds. The fourth-order valence-corrected chi connectivity index (χ4v) is 3.41. The van der Waals surface area contributed by atoms with E-state index in [1.807, 2.05) is 19.9 Å². The summed E-state index contributed by atoms with van der Waals surface area (Å²) in [6.07, 6.45) is 6.06. The summed E-state index contributed by atoms with van der Waals surface area (Å²) < 4.78 is 5.64. The Morgan fingerprint density at radius 3 is 2.70 bits per heavy atom. The molecule has 1 aromatic carbocycles. The number of rotatable bonds is 3. The van der Waals surface area contributed by atoms with Crippen LogP contribution >= 0.6 is 0 Å². The summed E-state index contributed by atoms with van der Waals surface area (Å²) in [5.41, 5.74) is 1.27. The van der Waals surface area contributed by atoms with Crippen molar-refractivity contribution < 1.29 is 9.21 Å². The number of nitrogens with one attached hydrogen (secondary N) is 1. The third-order valence-corrected chi connectivity index (χ3v) is 4.82. The van der Waals surface area contributed by atoms with Gasteiger partial charge in [-0.2, -0.15) is 0 Å². The smallest absolute Gasteiger partial charge is 0.287 e. The largest absolute Gasteiger partial charge is 0.451 e.